The zero-order chi connectivity index (χ0) is 14.6. The van der Waals surface area contributed by atoms with Gasteiger partial charge in [-0.05, 0) is 18.2 Å². The van der Waals surface area contributed by atoms with Crippen LogP contribution in [0.15, 0.2) is 23.1 Å². The van der Waals surface area contributed by atoms with Crippen molar-refractivity contribution in [3.63, 3.8) is 0 Å². The Balaban J connectivity index is 3.33. The van der Waals surface area contributed by atoms with Gasteiger partial charge in [-0.3, -0.25) is 4.79 Å². The van der Waals surface area contributed by atoms with E-state index < -0.39 is 22.5 Å². The number of carboxylic acids is 1. The molecular formula is C11H11ClN2O4S. The number of hydrogen-bond acceptors (Lipinski definition) is 4. The summed E-state index contributed by atoms with van der Waals surface area (Å²) in [5.41, 5.74) is 0.134. The van der Waals surface area contributed by atoms with E-state index in [0.717, 1.165) is 10.4 Å². The minimum Gasteiger partial charge on any atom is -0.480 e. The van der Waals surface area contributed by atoms with Crippen molar-refractivity contribution in [3.05, 3.63) is 28.8 Å². The molecular weight excluding hydrogens is 292 g/mol. The molecule has 0 aliphatic heterocycles. The van der Waals surface area contributed by atoms with Crippen LogP contribution < -0.4 is 0 Å². The van der Waals surface area contributed by atoms with Gasteiger partial charge in [-0.15, -0.1) is 0 Å². The predicted molar refractivity (Wildman–Crippen MR) is 68.2 cm³/mol. The molecule has 1 rings (SSSR count). The number of nitrogens with zero attached hydrogens (tertiary/aromatic N) is 2. The lowest BCUT2D eigenvalue weighted by Crippen LogP contribution is -2.35. The molecule has 0 amide bonds. The molecule has 0 aliphatic rings. The first kappa shape index (κ1) is 15.4. The Hall–Kier alpha value is -1.62. The first-order valence-corrected chi connectivity index (χ1v) is 7.06. The molecule has 102 valence electrons. The number of carboxylic acid groups (broad SMARTS) is 1. The Morgan fingerprint density at radius 1 is 1.53 bits per heavy atom. The van der Waals surface area contributed by atoms with Gasteiger partial charge in [0.05, 0.1) is 16.7 Å². The van der Waals surface area contributed by atoms with E-state index in [1.54, 1.807) is 6.07 Å². The highest BCUT2D eigenvalue weighted by atomic mass is 35.5. The monoisotopic (exact) mass is 302 g/mol. The van der Waals surface area contributed by atoms with Crippen LogP contribution in [0.3, 0.4) is 0 Å². The zero-order valence-corrected chi connectivity index (χ0v) is 11.6. The maximum Gasteiger partial charge on any atom is 0.318 e. The van der Waals surface area contributed by atoms with E-state index in [1.165, 1.54) is 19.1 Å². The van der Waals surface area contributed by atoms with Gasteiger partial charge in [-0.2, -0.15) is 9.57 Å². The van der Waals surface area contributed by atoms with Crippen LogP contribution in [-0.4, -0.2) is 36.9 Å². The molecule has 0 spiro atoms. The number of hydrogen-bond donors (Lipinski definition) is 1. The first-order valence-electron chi connectivity index (χ1n) is 5.24. The molecule has 0 radical (unpaired) electrons. The second-order valence-electron chi connectivity index (χ2n) is 3.58. The van der Waals surface area contributed by atoms with Crippen molar-refractivity contribution in [1.29, 1.82) is 5.26 Å². The molecule has 0 fully saturated rings. The summed E-state index contributed by atoms with van der Waals surface area (Å²) in [6, 6.07) is 5.61. The maximum atomic E-state index is 12.3. The summed E-state index contributed by atoms with van der Waals surface area (Å²) in [6.07, 6.45) is 0. The Morgan fingerprint density at radius 2 is 2.16 bits per heavy atom. The molecule has 0 heterocycles. The third-order valence-corrected chi connectivity index (χ3v) is 4.74. The molecule has 8 heteroatoms. The van der Waals surface area contributed by atoms with Crippen LogP contribution >= 0.6 is 11.6 Å². The SMILES string of the molecule is CCN(CC(=O)O)S(=O)(=O)c1cc(C#N)ccc1Cl. The van der Waals surface area contributed by atoms with Crippen molar-refractivity contribution < 1.29 is 18.3 Å². The minimum absolute atomic E-state index is 0.0122. The Labute approximate surface area is 115 Å². The molecule has 19 heavy (non-hydrogen) atoms. The van der Waals surface area contributed by atoms with Gasteiger partial charge in [0.2, 0.25) is 10.0 Å². The van der Waals surface area contributed by atoms with E-state index in [0.29, 0.717) is 0 Å². The van der Waals surface area contributed by atoms with Crippen molar-refractivity contribution in [2.75, 3.05) is 13.1 Å². The summed E-state index contributed by atoms with van der Waals surface area (Å²) >= 11 is 5.81. The summed E-state index contributed by atoms with van der Waals surface area (Å²) in [5, 5.41) is 17.4. The highest BCUT2D eigenvalue weighted by Gasteiger charge is 2.27. The highest BCUT2D eigenvalue weighted by Crippen LogP contribution is 2.25. The van der Waals surface area contributed by atoms with Crippen molar-refractivity contribution in [2.45, 2.75) is 11.8 Å². The van der Waals surface area contributed by atoms with Gasteiger partial charge in [-0.25, -0.2) is 8.42 Å². The molecule has 0 atom stereocenters. The van der Waals surface area contributed by atoms with Crippen molar-refractivity contribution in [2.24, 2.45) is 0 Å². The third-order valence-electron chi connectivity index (χ3n) is 2.34. The number of aliphatic carboxylic acids is 1. The number of likely N-dealkylation sites (N-methyl/N-ethyl adjacent to an activating group) is 1. The van der Waals surface area contributed by atoms with Gasteiger partial charge < -0.3 is 5.11 Å². The minimum atomic E-state index is -4.04. The number of sulfonamides is 1. The number of benzene rings is 1. The summed E-state index contributed by atoms with van der Waals surface area (Å²) < 4.78 is 25.3. The molecule has 1 aromatic carbocycles. The summed E-state index contributed by atoms with van der Waals surface area (Å²) in [5.74, 6) is -1.27. The van der Waals surface area contributed by atoms with Crippen molar-refractivity contribution in [1.82, 2.24) is 4.31 Å². The lowest BCUT2D eigenvalue weighted by Gasteiger charge is -2.19. The number of carbonyl (C=O) groups is 1. The standard InChI is InChI=1S/C11H11ClN2O4S/c1-2-14(7-11(15)16)19(17,18)10-5-8(6-13)3-4-9(10)12/h3-5H,2,7H2,1H3,(H,15,16). The van der Waals surface area contributed by atoms with Crippen molar-refractivity contribution in [3.8, 4) is 6.07 Å². The van der Waals surface area contributed by atoms with E-state index >= 15 is 0 Å². The van der Waals surface area contributed by atoms with E-state index in [-0.39, 0.29) is 22.0 Å². The van der Waals surface area contributed by atoms with Crippen LogP contribution in [0.2, 0.25) is 5.02 Å². The van der Waals surface area contributed by atoms with Gasteiger partial charge in [0.1, 0.15) is 11.4 Å². The fourth-order valence-corrected chi connectivity index (χ4v) is 3.33. The van der Waals surface area contributed by atoms with Crippen LogP contribution in [0.4, 0.5) is 0 Å². The molecule has 0 aliphatic carbocycles. The topological polar surface area (TPSA) is 98.5 Å². The van der Waals surface area contributed by atoms with Gasteiger partial charge in [-0.1, -0.05) is 18.5 Å². The van der Waals surface area contributed by atoms with Gasteiger partial charge in [0, 0.05) is 6.54 Å². The lowest BCUT2D eigenvalue weighted by molar-refractivity contribution is -0.137. The smallest absolute Gasteiger partial charge is 0.318 e. The van der Waals surface area contributed by atoms with Crippen LogP contribution in [0.5, 0.6) is 0 Å². The number of rotatable bonds is 5. The van der Waals surface area contributed by atoms with E-state index in [2.05, 4.69) is 0 Å². The first-order chi connectivity index (χ1) is 8.82. The normalized spacial score (nSPS) is 11.3. The third kappa shape index (κ3) is 3.44. The molecule has 1 aromatic rings. The Kier molecular flexibility index (Phi) is 4.89. The fourth-order valence-electron chi connectivity index (χ4n) is 1.43. The van der Waals surface area contributed by atoms with Crippen LogP contribution in [0, 0.1) is 11.3 Å². The second kappa shape index (κ2) is 6.02. The predicted octanol–water partition coefficient (Wildman–Crippen LogP) is 1.31. The fraction of sp³-hybridized carbons (Fsp3) is 0.273. The van der Waals surface area contributed by atoms with Crippen LogP contribution in [-0.2, 0) is 14.8 Å². The van der Waals surface area contributed by atoms with E-state index in [9.17, 15) is 13.2 Å². The van der Waals surface area contributed by atoms with Crippen LogP contribution in [0.25, 0.3) is 0 Å². The largest absolute Gasteiger partial charge is 0.480 e. The van der Waals surface area contributed by atoms with Gasteiger partial charge in [0.25, 0.3) is 0 Å². The maximum absolute atomic E-state index is 12.3. The molecule has 0 bridgehead atoms. The summed E-state index contributed by atoms with van der Waals surface area (Å²) in [4.78, 5) is 10.4. The molecule has 0 saturated carbocycles. The van der Waals surface area contributed by atoms with E-state index in [4.69, 9.17) is 22.0 Å². The summed E-state index contributed by atoms with van der Waals surface area (Å²) in [6.45, 7) is 0.843. The average molecular weight is 303 g/mol. The molecule has 6 nitrogen and oxygen atoms in total. The van der Waals surface area contributed by atoms with E-state index in [1.807, 2.05) is 0 Å². The van der Waals surface area contributed by atoms with Crippen LogP contribution in [0.1, 0.15) is 12.5 Å². The second-order valence-corrected chi connectivity index (χ2v) is 5.90. The Bertz CT molecular complexity index is 637. The quantitative estimate of drug-likeness (QED) is 0.884. The zero-order valence-electron chi connectivity index (χ0n) is 10.00. The Morgan fingerprint density at radius 3 is 2.63 bits per heavy atom. The van der Waals surface area contributed by atoms with Gasteiger partial charge in [0.15, 0.2) is 0 Å². The lowest BCUT2D eigenvalue weighted by atomic mass is 10.2. The molecule has 0 unspecified atom stereocenters. The molecule has 0 aromatic heterocycles. The van der Waals surface area contributed by atoms with Gasteiger partial charge >= 0.3 is 5.97 Å². The number of nitriles is 1. The highest BCUT2D eigenvalue weighted by molar-refractivity contribution is 7.89. The molecule has 0 saturated heterocycles. The average Bonchev–Trinajstić information content (AvgIpc) is 2.35. The van der Waals surface area contributed by atoms with Crippen molar-refractivity contribution >= 4 is 27.6 Å². The molecule has 1 N–H and O–H groups in total. The number of halogens is 1. The summed E-state index contributed by atoms with van der Waals surface area (Å²) in [7, 11) is -4.04.